The van der Waals surface area contributed by atoms with Crippen molar-refractivity contribution in [1.29, 1.82) is 0 Å². The molecule has 1 aromatic carbocycles. The Bertz CT molecular complexity index is 774. The number of hydrogen-bond donors (Lipinski definition) is 1. The summed E-state index contributed by atoms with van der Waals surface area (Å²) in [7, 11) is 3.10. The summed E-state index contributed by atoms with van der Waals surface area (Å²) in [6.45, 7) is 2.89. The average molecular weight is 340 g/mol. The van der Waals surface area contributed by atoms with E-state index in [9.17, 15) is 4.79 Å². The number of carbonyl (C=O) groups is 1. The number of methoxy groups -OCH3 is 2. The lowest BCUT2D eigenvalue weighted by atomic mass is 9.80. The molecule has 0 bridgehead atoms. The van der Waals surface area contributed by atoms with Gasteiger partial charge in [0.1, 0.15) is 5.75 Å². The first-order chi connectivity index (χ1) is 12.2. The molecule has 1 N–H and O–H groups in total. The van der Waals surface area contributed by atoms with Crippen LogP contribution in [0, 0.1) is 6.92 Å². The third-order valence-electron chi connectivity index (χ3n) is 4.99. The molecule has 1 aromatic heterocycles. The summed E-state index contributed by atoms with van der Waals surface area (Å²) in [5, 5.41) is 3.39. The first kappa shape index (κ1) is 17.3. The van der Waals surface area contributed by atoms with Gasteiger partial charge in [0, 0.05) is 18.7 Å². The molecule has 3 rings (SSSR count). The topological polar surface area (TPSA) is 60.5 Å². The zero-order chi connectivity index (χ0) is 17.8. The number of carbonyl (C=O) groups excluding carboxylic acids is 1. The number of aromatic nitrogens is 1. The molecule has 1 atom stereocenters. The van der Waals surface area contributed by atoms with E-state index < -0.39 is 0 Å². The lowest BCUT2D eigenvalue weighted by Gasteiger charge is -2.28. The number of anilines is 1. The Morgan fingerprint density at radius 1 is 1.32 bits per heavy atom. The fourth-order valence-electron chi connectivity index (χ4n) is 3.64. The SMILES string of the molecule is COC(=O)c1ccncc1NC[C@@H]1CCCc2c1ccc(OC)c2C. The van der Waals surface area contributed by atoms with E-state index in [-0.39, 0.29) is 5.97 Å². The Hall–Kier alpha value is -2.56. The Morgan fingerprint density at radius 2 is 2.16 bits per heavy atom. The summed E-state index contributed by atoms with van der Waals surface area (Å²) < 4.78 is 10.3. The molecule has 2 aromatic rings. The lowest BCUT2D eigenvalue weighted by molar-refractivity contribution is 0.0601. The maximum absolute atomic E-state index is 11.9. The highest BCUT2D eigenvalue weighted by atomic mass is 16.5. The molecule has 1 aliphatic carbocycles. The Labute approximate surface area is 148 Å². The van der Waals surface area contributed by atoms with Gasteiger partial charge in [-0.1, -0.05) is 6.07 Å². The molecule has 5 nitrogen and oxygen atoms in total. The fourth-order valence-corrected chi connectivity index (χ4v) is 3.64. The number of nitrogens with one attached hydrogen (secondary N) is 1. The monoisotopic (exact) mass is 340 g/mol. The zero-order valence-corrected chi connectivity index (χ0v) is 15.0. The van der Waals surface area contributed by atoms with Gasteiger partial charge < -0.3 is 14.8 Å². The molecule has 0 spiro atoms. The molecule has 5 heteroatoms. The van der Waals surface area contributed by atoms with Crippen molar-refractivity contribution >= 4 is 11.7 Å². The molecular formula is C20H24N2O3. The van der Waals surface area contributed by atoms with Crippen molar-refractivity contribution in [3.05, 3.63) is 52.8 Å². The van der Waals surface area contributed by atoms with Crippen molar-refractivity contribution in [3.8, 4) is 5.75 Å². The molecule has 132 valence electrons. The molecule has 0 amide bonds. The highest BCUT2D eigenvalue weighted by molar-refractivity contribution is 5.95. The number of pyridine rings is 1. The van der Waals surface area contributed by atoms with E-state index in [4.69, 9.17) is 9.47 Å². The molecule has 0 radical (unpaired) electrons. The maximum atomic E-state index is 11.9. The quantitative estimate of drug-likeness (QED) is 0.841. The maximum Gasteiger partial charge on any atom is 0.340 e. The molecule has 0 saturated carbocycles. The molecule has 1 heterocycles. The molecule has 0 fully saturated rings. The molecule has 0 unspecified atom stereocenters. The number of ether oxygens (including phenoxy) is 2. The lowest BCUT2D eigenvalue weighted by Crippen LogP contribution is -2.20. The zero-order valence-electron chi connectivity index (χ0n) is 15.0. The van der Waals surface area contributed by atoms with Crippen LogP contribution in [0.25, 0.3) is 0 Å². The van der Waals surface area contributed by atoms with Crippen LogP contribution in [0.1, 0.15) is 45.8 Å². The third-order valence-corrected chi connectivity index (χ3v) is 4.99. The Morgan fingerprint density at radius 3 is 2.92 bits per heavy atom. The second kappa shape index (κ2) is 7.55. The first-order valence-electron chi connectivity index (χ1n) is 8.58. The number of benzene rings is 1. The first-order valence-corrected chi connectivity index (χ1v) is 8.58. The van der Waals surface area contributed by atoms with Gasteiger partial charge in [0.05, 0.1) is 31.7 Å². The van der Waals surface area contributed by atoms with E-state index in [1.807, 2.05) is 0 Å². The Kier molecular flexibility index (Phi) is 5.22. The molecular weight excluding hydrogens is 316 g/mol. The molecule has 1 aliphatic rings. The summed E-state index contributed by atoms with van der Waals surface area (Å²) in [5.74, 6) is 1.00. The van der Waals surface area contributed by atoms with E-state index in [1.54, 1.807) is 25.6 Å². The van der Waals surface area contributed by atoms with Crippen LogP contribution in [-0.4, -0.2) is 31.7 Å². The van der Waals surface area contributed by atoms with Crippen LogP contribution in [-0.2, 0) is 11.2 Å². The van der Waals surface area contributed by atoms with Crippen molar-refractivity contribution in [1.82, 2.24) is 4.98 Å². The highest BCUT2D eigenvalue weighted by Gasteiger charge is 2.23. The van der Waals surface area contributed by atoms with E-state index in [0.29, 0.717) is 17.2 Å². The minimum absolute atomic E-state index is 0.352. The van der Waals surface area contributed by atoms with Gasteiger partial charge in [-0.3, -0.25) is 4.98 Å². The molecule has 25 heavy (non-hydrogen) atoms. The largest absolute Gasteiger partial charge is 0.496 e. The minimum atomic E-state index is -0.352. The Balaban J connectivity index is 1.81. The molecule has 0 aliphatic heterocycles. The predicted molar refractivity (Wildman–Crippen MR) is 97.5 cm³/mol. The summed E-state index contributed by atoms with van der Waals surface area (Å²) in [6, 6.07) is 5.91. The summed E-state index contributed by atoms with van der Waals surface area (Å²) in [5.41, 5.74) is 5.24. The summed E-state index contributed by atoms with van der Waals surface area (Å²) in [6.07, 6.45) is 6.65. The third kappa shape index (κ3) is 3.45. The van der Waals surface area contributed by atoms with Crippen LogP contribution < -0.4 is 10.1 Å². The standard InChI is InChI=1S/C20H24N2O3/c1-13-15-6-4-5-14(16(15)7-8-19(13)24-2)11-22-18-12-21-10-9-17(18)20(23)25-3/h7-10,12,14,22H,4-6,11H2,1-3H3/t14-/m0/s1. The smallest absolute Gasteiger partial charge is 0.340 e. The van der Waals surface area contributed by atoms with Crippen LogP contribution in [0.5, 0.6) is 5.75 Å². The van der Waals surface area contributed by atoms with Gasteiger partial charge in [-0.15, -0.1) is 0 Å². The number of rotatable bonds is 5. The van der Waals surface area contributed by atoms with Gasteiger partial charge in [0.15, 0.2) is 0 Å². The minimum Gasteiger partial charge on any atom is -0.496 e. The highest BCUT2D eigenvalue weighted by Crippen LogP contribution is 2.37. The van der Waals surface area contributed by atoms with E-state index in [0.717, 1.165) is 31.6 Å². The van der Waals surface area contributed by atoms with Gasteiger partial charge >= 0.3 is 5.97 Å². The van der Waals surface area contributed by atoms with Crippen molar-refractivity contribution in [2.45, 2.75) is 32.1 Å². The number of fused-ring (bicyclic) bond motifs is 1. The molecule has 0 saturated heterocycles. The second-order valence-corrected chi connectivity index (χ2v) is 6.34. The van der Waals surface area contributed by atoms with E-state index in [2.05, 4.69) is 29.4 Å². The van der Waals surface area contributed by atoms with Crippen LogP contribution >= 0.6 is 0 Å². The van der Waals surface area contributed by atoms with Crippen LogP contribution in [0.15, 0.2) is 30.6 Å². The van der Waals surface area contributed by atoms with Crippen LogP contribution in [0.3, 0.4) is 0 Å². The van der Waals surface area contributed by atoms with Gasteiger partial charge in [0.25, 0.3) is 0 Å². The fraction of sp³-hybridized carbons (Fsp3) is 0.400. The van der Waals surface area contributed by atoms with Gasteiger partial charge in [0.2, 0.25) is 0 Å². The van der Waals surface area contributed by atoms with Gasteiger partial charge in [-0.05, 0) is 55.0 Å². The van der Waals surface area contributed by atoms with Crippen molar-refractivity contribution < 1.29 is 14.3 Å². The van der Waals surface area contributed by atoms with Crippen molar-refractivity contribution in [3.63, 3.8) is 0 Å². The average Bonchev–Trinajstić information content (AvgIpc) is 2.66. The predicted octanol–water partition coefficient (Wildman–Crippen LogP) is 3.72. The summed E-state index contributed by atoms with van der Waals surface area (Å²) in [4.78, 5) is 16.0. The number of nitrogens with zero attached hydrogens (tertiary/aromatic N) is 1. The van der Waals surface area contributed by atoms with Gasteiger partial charge in [-0.2, -0.15) is 0 Å². The van der Waals surface area contributed by atoms with E-state index >= 15 is 0 Å². The number of esters is 1. The van der Waals surface area contributed by atoms with Crippen LogP contribution in [0.4, 0.5) is 5.69 Å². The van der Waals surface area contributed by atoms with Gasteiger partial charge in [-0.25, -0.2) is 4.79 Å². The van der Waals surface area contributed by atoms with Crippen LogP contribution in [0.2, 0.25) is 0 Å². The van der Waals surface area contributed by atoms with Crippen molar-refractivity contribution in [2.75, 3.05) is 26.1 Å². The number of hydrogen-bond acceptors (Lipinski definition) is 5. The van der Waals surface area contributed by atoms with E-state index in [1.165, 1.54) is 23.8 Å². The second-order valence-electron chi connectivity index (χ2n) is 6.34. The normalized spacial score (nSPS) is 16.0. The van der Waals surface area contributed by atoms with Crippen molar-refractivity contribution in [2.24, 2.45) is 0 Å². The summed E-state index contributed by atoms with van der Waals surface area (Å²) >= 11 is 0.